The lowest BCUT2D eigenvalue weighted by atomic mass is 10.2. The number of methoxy groups -OCH3 is 2. The van der Waals surface area contributed by atoms with Crippen molar-refractivity contribution in [1.29, 1.82) is 0 Å². The Labute approximate surface area is 177 Å². The maximum absolute atomic E-state index is 13.0. The Morgan fingerprint density at radius 3 is 2.40 bits per heavy atom. The topological polar surface area (TPSA) is 111 Å². The molecule has 1 aliphatic heterocycles. The molecule has 9 nitrogen and oxygen atoms in total. The van der Waals surface area contributed by atoms with Gasteiger partial charge in [0.1, 0.15) is 11.3 Å². The van der Waals surface area contributed by atoms with Crippen LogP contribution in [0, 0.1) is 0 Å². The Hall–Kier alpha value is -2.17. The van der Waals surface area contributed by atoms with Crippen molar-refractivity contribution in [3.05, 3.63) is 23.8 Å². The Bertz CT molecular complexity index is 834. The second-order valence-corrected chi connectivity index (χ2v) is 9.12. The number of nitrogens with one attached hydrogen (secondary N) is 1. The summed E-state index contributed by atoms with van der Waals surface area (Å²) in [7, 11) is -0.858. The third-order valence-electron chi connectivity index (χ3n) is 4.75. The van der Waals surface area contributed by atoms with Gasteiger partial charge < -0.3 is 19.5 Å². The third kappa shape index (κ3) is 6.41. The number of nitrogens with zero attached hydrogens (tertiary/aromatic N) is 1. The predicted octanol–water partition coefficient (Wildman–Crippen LogP) is 1.57. The average Bonchev–Trinajstić information content (AvgIpc) is 3.01. The lowest BCUT2D eigenvalue weighted by molar-refractivity contribution is -0.125. The molecule has 1 saturated heterocycles. The first-order valence-corrected chi connectivity index (χ1v) is 11.4. The van der Waals surface area contributed by atoms with E-state index in [0.29, 0.717) is 19.7 Å². The molecular weight excluding hydrogens is 412 g/mol. The fourth-order valence-corrected chi connectivity index (χ4v) is 4.80. The van der Waals surface area contributed by atoms with Crippen molar-refractivity contribution < 1.29 is 32.2 Å². The normalized spacial score (nSPS) is 16.4. The van der Waals surface area contributed by atoms with E-state index in [1.54, 1.807) is 6.92 Å². The standard InChI is InChI=1S/C20H30N2O7S/c1-15(13-27-2)21-19(23)14-29-20(24)17-12-16(8-9-18(17)28-3)30(25,26)22-10-6-4-5-7-11-22/h8-9,12,15H,4-7,10-11,13-14H2,1-3H3,(H,21,23). The highest BCUT2D eigenvalue weighted by atomic mass is 32.2. The van der Waals surface area contributed by atoms with Gasteiger partial charge in [0, 0.05) is 26.2 Å². The zero-order chi connectivity index (χ0) is 22.1. The van der Waals surface area contributed by atoms with Crippen LogP contribution in [0.25, 0.3) is 0 Å². The van der Waals surface area contributed by atoms with Crippen LogP contribution in [0.5, 0.6) is 5.75 Å². The van der Waals surface area contributed by atoms with E-state index < -0.39 is 28.5 Å². The summed E-state index contributed by atoms with van der Waals surface area (Å²) in [6.45, 7) is 2.48. The van der Waals surface area contributed by atoms with Crippen molar-refractivity contribution in [2.75, 3.05) is 40.5 Å². The van der Waals surface area contributed by atoms with E-state index in [2.05, 4.69) is 5.32 Å². The van der Waals surface area contributed by atoms with Crippen LogP contribution >= 0.6 is 0 Å². The quantitative estimate of drug-likeness (QED) is 0.578. The highest BCUT2D eigenvalue weighted by Crippen LogP contribution is 2.26. The summed E-state index contributed by atoms with van der Waals surface area (Å²) in [5, 5.41) is 2.63. The van der Waals surface area contributed by atoms with Crippen molar-refractivity contribution in [2.45, 2.75) is 43.5 Å². The summed E-state index contributed by atoms with van der Waals surface area (Å²) in [6, 6.07) is 3.84. The molecule has 1 aromatic rings. The summed E-state index contributed by atoms with van der Waals surface area (Å²) in [5.74, 6) is -1.16. The summed E-state index contributed by atoms with van der Waals surface area (Å²) in [5.41, 5.74) is -0.0499. The molecule has 30 heavy (non-hydrogen) atoms. The summed E-state index contributed by atoms with van der Waals surface area (Å²) < 4.78 is 42.7. The first-order valence-electron chi connectivity index (χ1n) is 9.93. The van der Waals surface area contributed by atoms with Gasteiger partial charge in [-0.3, -0.25) is 4.79 Å². The van der Waals surface area contributed by atoms with Crippen molar-refractivity contribution in [1.82, 2.24) is 9.62 Å². The smallest absolute Gasteiger partial charge is 0.342 e. The molecule has 1 amide bonds. The molecule has 168 valence electrons. The Kier molecular flexibility index (Phi) is 9.07. The van der Waals surface area contributed by atoms with E-state index in [1.165, 1.54) is 36.7 Å². The fraction of sp³-hybridized carbons (Fsp3) is 0.600. The first kappa shape index (κ1) is 24.1. The molecule has 1 heterocycles. The van der Waals surface area contributed by atoms with Crippen molar-refractivity contribution in [3.63, 3.8) is 0 Å². The van der Waals surface area contributed by atoms with Gasteiger partial charge in [0.05, 0.1) is 18.6 Å². The van der Waals surface area contributed by atoms with E-state index in [9.17, 15) is 18.0 Å². The molecule has 10 heteroatoms. The maximum Gasteiger partial charge on any atom is 0.342 e. The van der Waals surface area contributed by atoms with Crippen LogP contribution in [-0.4, -0.2) is 71.2 Å². The SMILES string of the molecule is COCC(C)NC(=O)COC(=O)c1cc(S(=O)(=O)N2CCCCCC2)ccc1OC. The van der Waals surface area contributed by atoms with Gasteiger partial charge in [-0.05, 0) is 38.0 Å². The number of hydrogen-bond donors (Lipinski definition) is 1. The van der Waals surface area contributed by atoms with Crippen LogP contribution in [0.4, 0.5) is 0 Å². The molecule has 1 unspecified atom stereocenters. The van der Waals surface area contributed by atoms with Gasteiger partial charge in [-0.15, -0.1) is 0 Å². The highest BCUT2D eigenvalue weighted by molar-refractivity contribution is 7.89. The number of ether oxygens (including phenoxy) is 3. The molecule has 0 spiro atoms. The Balaban J connectivity index is 2.15. The van der Waals surface area contributed by atoms with Crippen LogP contribution in [-0.2, 0) is 24.3 Å². The number of rotatable bonds is 9. The van der Waals surface area contributed by atoms with Gasteiger partial charge >= 0.3 is 5.97 Å². The van der Waals surface area contributed by atoms with Crippen molar-refractivity contribution >= 4 is 21.9 Å². The summed E-state index contributed by atoms with van der Waals surface area (Å²) in [4.78, 5) is 24.4. The molecule has 1 fully saturated rings. The molecular formula is C20H30N2O7S. The molecule has 0 bridgehead atoms. The fourth-order valence-electron chi connectivity index (χ4n) is 3.26. The van der Waals surface area contributed by atoms with E-state index >= 15 is 0 Å². The molecule has 0 saturated carbocycles. The van der Waals surface area contributed by atoms with Crippen LogP contribution < -0.4 is 10.1 Å². The zero-order valence-electron chi connectivity index (χ0n) is 17.7. The number of sulfonamides is 1. The van der Waals surface area contributed by atoms with Crippen LogP contribution in [0.2, 0.25) is 0 Å². The molecule has 2 rings (SSSR count). The van der Waals surface area contributed by atoms with Gasteiger partial charge in [-0.25, -0.2) is 13.2 Å². The lowest BCUT2D eigenvalue weighted by Crippen LogP contribution is -2.38. The number of carbonyl (C=O) groups excluding carboxylic acids is 2. The largest absolute Gasteiger partial charge is 0.496 e. The molecule has 0 aromatic heterocycles. The minimum Gasteiger partial charge on any atom is -0.496 e. The Morgan fingerprint density at radius 1 is 1.13 bits per heavy atom. The first-order chi connectivity index (χ1) is 14.3. The lowest BCUT2D eigenvalue weighted by Gasteiger charge is -2.20. The van der Waals surface area contributed by atoms with Gasteiger partial charge in [-0.1, -0.05) is 12.8 Å². The monoisotopic (exact) mass is 442 g/mol. The molecule has 1 atom stereocenters. The van der Waals surface area contributed by atoms with Crippen molar-refractivity contribution in [3.8, 4) is 5.75 Å². The van der Waals surface area contributed by atoms with E-state index in [0.717, 1.165) is 25.7 Å². The van der Waals surface area contributed by atoms with Gasteiger partial charge in [0.25, 0.3) is 5.91 Å². The van der Waals surface area contributed by atoms with E-state index in [1.807, 2.05) is 0 Å². The second-order valence-electron chi connectivity index (χ2n) is 7.18. The van der Waals surface area contributed by atoms with E-state index in [-0.39, 0.29) is 22.3 Å². The highest BCUT2D eigenvalue weighted by Gasteiger charge is 2.27. The number of benzene rings is 1. The van der Waals surface area contributed by atoms with Crippen LogP contribution in [0.15, 0.2) is 23.1 Å². The third-order valence-corrected chi connectivity index (χ3v) is 6.65. The predicted molar refractivity (Wildman–Crippen MR) is 110 cm³/mol. The number of hydrogen-bond acceptors (Lipinski definition) is 7. The molecule has 1 aliphatic rings. The van der Waals surface area contributed by atoms with Crippen LogP contribution in [0.1, 0.15) is 43.0 Å². The number of carbonyl (C=O) groups is 2. The molecule has 0 aliphatic carbocycles. The number of esters is 1. The maximum atomic E-state index is 13.0. The average molecular weight is 443 g/mol. The van der Waals surface area contributed by atoms with Crippen molar-refractivity contribution in [2.24, 2.45) is 0 Å². The van der Waals surface area contributed by atoms with Gasteiger partial charge in [0.15, 0.2) is 6.61 Å². The Morgan fingerprint density at radius 2 is 1.80 bits per heavy atom. The number of amides is 1. The minimum atomic E-state index is -3.74. The molecule has 0 radical (unpaired) electrons. The second kappa shape index (κ2) is 11.3. The van der Waals surface area contributed by atoms with Gasteiger partial charge in [0.2, 0.25) is 10.0 Å². The van der Waals surface area contributed by atoms with Crippen LogP contribution in [0.3, 0.4) is 0 Å². The molecule has 1 aromatic carbocycles. The minimum absolute atomic E-state index is 0.00433. The summed E-state index contributed by atoms with van der Waals surface area (Å²) >= 11 is 0. The van der Waals surface area contributed by atoms with E-state index in [4.69, 9.17) is 14.2 Å². The zero-order valence-corrected chi connectivity index (χ0v) is 18.5. The summed E-state index contributed by atoms with van der Waals surface area (Å²) in [6.07, 6.45) is 3.61. The molecule has 1 N–H and O–H groups in total. The van der Waals surface area contributed by atoms with Gasteiger partial charge in [-0.2, -0.15) is 4.31 Å².